The van der Waals surface area contributed by atoms with E-state index in [-0.39, 0.29) is 11.2 Å². The molecule has 3 heteroatoms. The third-order valence-corrected chi connectivity index (χ3v) is 3.74. The third-order valence-electron chi connectivity index (χ3n) is 3.19. The van der Waals surface area contributed by atoms with Crippen molar-refractivity contribution in [2.75, 3.05) is 0 Å². The van der Waals surface area contributed by atoms with Gasteiger partial charge in [0.1, 0.15) is 0 Å². The van der Waals surface area contributed by atoms with Crippen molar-refractivity contribution in [3.05, 3.63) is 69.2 Å². The molecular formula is C17H16Cl2O. The van der Waals surface area contributed by atoms with E-state index in [4.69, 9.17) is 23.2 Å². The van der Waals surface area contributed by atoms with E-state index in [1.165, 1.54) is 5.56 Å². The van der Waals surface area contributed by atoms with Crippen molar-refractivity contribution in [1.82, 2.24) is 0 Å². The van der Waals surface area contributed by atoms with Crippen LogP contribution in [0.4, 0.5) is 0 Å². The minimum atomic E-state index is -0.0906. The summed E-state index contributed by atoms with van der Waals surface area (Å²) in [5, 5.41) is 0.900. The van der Waals surface area contributed by atoms with Crippen molar-refractivity contribution in [2.24, 2.45) is 0 Å². The molecule has 0 fully saturated rings. The number of carbonyl (C=O) groups is 1. The molecule has 0 aliphatic carbocycles. The highest BCUT2D eigenvalue weighted by Crippen LogP contribution is 2.26. The zero-order chi connectivity index (χ0) is 14.9. The fourth-order valence-corrected chi connectivity index (χ4v) is 2.45. The maximum Gasteiger partial charge on any atom is 0.194 e. The second-order valence-electron chi connectivity index (χ2n) is 5.78. The highest BCUT2D eigenvalue weighted by atomic mass is 35.5. The average molecular weight is 307 g/mol. The van der Waals surface area contributed by atoms with E-state index >= 15 is 0 Å². The fourth-order valence-electron chi connectivity index (χ4n) is 1.95. The molecule has 0 unspecified atom stereocenters. The zero-order valence-electron chi connectivity index (χ0n) is 11.7. The van der Waals surface area contributed by atoms with Gasteiger partial charge in [-0.1, -0.05) is 68.2 Å². The SMILES string of the molecule is CC(C)(C)c1ccc(C(=O)c2ccc(Cl)cc2Cl)cc1. The summed E-state index contributed by atoms with van der Waals surface area (Å²) in [6.45, 7) is 6.42. The van der Waals surface area contributed by atoms with Gasteiger partial charge in [0, 0.05) is 16.1 Å². The van der Waals surface area contributed by atoms with Gasteiger partial charge < -0.3 is 0 Å². The Morgan fingerprint density at radius 3 is 2.05 bits per heavy atom. The number of hydrogen-bond donors (Lipinski definition) is 0. The van der Waals surface area contributed by atoms with Gasteiger partial charge in [-0.05, 0) is 29.2 Å². The topological polar surface area (TPSA) is 17.1 Å². The van der Waals surface area contributed by atoms with E-state index in [1.807, 2.05) is 24.3 Å². The molecule has 0 spiro atoms. The minimum absolute atomic E-state index is 0.0689. The summed E-state index contributed by atoms with van der Waals surface area (Å²) < 4.78 is 0. The smallest absolute Gasteiger partial charge is 0.194 e. The lowest BCUT2D eigenvalue weighted by molar-refractivity contribution is 0.103. The van der Waals surface area contributed by atoms with Crippen molar-refractivity contribution >= 4 is 29.0 Å². The van der Waals surface area contributed by atoms with E-state index < -0.39 is 0 Å². The normalized spacial score (nSPS) is 11.4. The van der Waals surface area contributed by atoms with Gasteiger partial charge in [-0.25, -0.2) is 0 Å². The Morgan fingerprint density at radius 2 is 1.55 bits per heavy atom. The van der Waals surface area contributed by atoms with Crippen LogP contribution < -0.4 is 0 Å². The Morgan fingerprint density at radius 1 is 0.950 bits per heavy atom. The second kappa shape index (κ2) is 5.59. The minimum Gasteiger partial charge on any atom is -0.289 e. The molecule has 0 aliphatic rings. The number of carbonyl (C=O) groups excluding carboxylic acids is 1. The summed E-state index contributed by atoms with van der Waals surface area (Å²) >= 11 is 11.9. The van der Waals surface area contributed by atoms with E-state index in [0.717, 1.165) is 0 Å². The van der Waals surface area contributed by atoms with Gasteiger partial charge >= 0.3 is 0 Å². The van der Waals surface area contributed by atoms with E-state index in [9.17, 15) is 4.79 Å². The summed E-state index contributed by atoms with van der Waals surface area (Å²) in [4.78, 5) is 12.4. The molecule has 0 N–H and O–H groups in total. The summed E-state index contributed by atoms with van der Waals surface area (Å²) in [6.07, 6.45) is 0. The second-order valence-corrected chi connectivity index (χ2v) is 6.62. The van der Waals surface area contributed by atoms with Gasteiger partial charge in [-0.3, -0.25) is 4.79 Å². The molecule has 0 bridgehead atoms. The Hall–Kier alpha value is -1.31. The van der Waals surface area contributed by atoms with Crippen LogP contribution in [0.3, 0.4) is 0 Å². The van der Waals surface area contributed by atoms with Crippen LogP contribution in [0, 0.1) is 0 Å². The molecule has 0 atom stereocenters. The van der Waals surface area contributed by atoms with Gasteiger partial charge in [0.15, 0.2) is 5.78 Å². The first-order valence-electron chi connectivity index (χ1n) is 6.39. The highest BCUT2D eigenvalue weighted by molar-refractivity contribution is 6.37. The van der Waals surface area contributed by atoms with E-state index in [2.05, 4.69) is 20.8 Å². The lowest BCUT2D eigenvalue weighted by Gasteiger charge is -2.19. The lowest BCUT2D eigenvalue weighted by Crippen LogP contribution is -2.11. The molecule has 1 nitrogen and oxygen atoms in total. The molecule has 0 aliphatic heterocycles. The molecule has 0 heterocycles. The maximum absolute atomic E-state index is 12.4. The first kappa shape index (κ1) is 15.1. The molecular weight excluding hydrogens is 291 g/mol. The molecule has 2 rings (SSSR count). The molecule has 0 saturated carbocycles. The van der Waals surface area contributed by atoms with Gasteiger partial charge in [-0.2, -0.15) is 0 Å². The predicted molar refractivity (Wildman–Crippen MR) is 85.0 cm³/mol. The summed E-state index contributed by atoms with van der Waals surface area (Å²) in [5.74, 6) is -0.0906. The Bertz CT molecular complexity index is 637. The molecule has 0 aromatic heterocycles. The van der Waals surface area contributed by atoms with Crippen molar-refractivity contribution in [3.8, 4) is 0 Å². The van der Waals surface area contributed by atoms with Crippen LogP contribution in [0.1, 0.15) is 42.3 Å². The number of hydrogen-bond acceptors (Lipinski definition) is 1. The van der Waals surface area contributed by atoms with Crippen LogP contribution in [-0.4, -0.2) is 5.78 Å². The Kier molecular flexibility index (Phi) is 4.22. The van der Waals surface area contributed by atoms with Gasteiger partial charge in [0.2, 0.25) is 0 Å². The monoisotopic (exact) mass is 306 g/mol. The van der Waals surface area contributed by atoms with Gasteiger partial charge in [0.25, 0.3) is 0 Å². The Balaban J connectivity index is 2.34. The molecule has 20 heavy (non-hydrogen) atoms. The Labute approximate surface area is 129 Å². The number of rotatable bonds is 2. The molecule has 2 aromatic carbocycles. The van der Waals surface area contributed by atoms with Crippen molar-refractivity contribution < 1.29 is 4.79 Å². The highest BCUT2D eigenvalue weighted by Gasteiger charge is 2.16. The number of halogens is 2. The maximum atomic E-state index is 12.4. The first-order chi connectivity index (χ1) is 9.29. The van der Waals surface area contributed by atoms with Crippen LogP contribution in [-0.2, 0) is 5.41 Å². The predicted octanol–water partition coefficient (Wildman–Crippen LogP) is 5.52. The van der Waals surface area contributed by atoms with Crippen molar-refractivity contribution in [3.63, 3.8) is 0 Å². The van der Waals surface area contributed by atoms with Crippen molar-refractivity contribution in [2.45, 2.75) is 26.2 Å². The summed E-state index contributed by atoms with van der Waals surface area (Å²) in [5.41, 5.74) is 2.36. The van der Waals surface area contributed by atoms with Gasteiger partial charge in [-0.15, -0.1) is 0 Å². The quantitative estimate of drug-likeness (QED) is 0.667. The lowest BCUT2D eigenvalue weighted by atomic mass is 9.86. The van der Waals surface area contributed by atoms with E-state index in [1.54, 1.807) is 18.2 Å². The first-order valence-corrected chi connectivity index (χ1v) is 7.15. The largest absolute Gasteiger partial charge is 0.289 e. The van der Waals surface area contributed by atoms with Crippen LogP contribution >= 0.6 is 23.2 Å². The van der Waals surface area contributed by atoms with Crippen LogP contribution in [0.2, 0.25) is 10.0 Å². The van der Waals surface area contributed by atoms with Crippen LogP contribution in [0.15, 0.2) is 42.5 Å². The molecule has 0 saturated heterocycles. The standard InChI is InChI=1S/C17H16Cl2O/c1-17(2,3)12-6-4-11(5-7-12)16(20)14-9-8-13(18)10-15(14)19/h4-10H,1-3H3. The molecule has 104 valence electrons. The molecule has 2 aromatic rings. The van der Waals surface area contributed by atoms with E-state index in [0.29, 0.717) is 21.2 Å². The average Bonchev–Trinajstić information content (AvgIpc) is 2.37. The zero-order valence-corrected chi connectivity index (χ0v) is 13.2. The third kappa shape index (κ3) is 3.23. The van der Waals surface area contributed by atoms with Crippen molar-refractivity contribution in [1.29, 1.82) is 0 Å². The van der Waals surface area contributed by atoms with Crippen LogP contribution in [0.25, 0.3) is 0 Å². The number of benzene rings is 2. The fraction of sp³-hybridized carbons (Fsp3) is 0.235. The summed E-state index contributed by atoms with van der Waals surface area (Å²) in [6, 6.07) is 12.6. The van der Waals surface area contributed by atoms with Crippen LogP contribution in [0.5, 0.6) is 0 Å². The molecule has 0 radical (unpaired) electrons. The molecule has 0 amide bonds. The van der Waals surface area contributed by atoms with Gasteiger partial charge in [0.05, 0.1) is 5.02 Å². The summed E-state index contributed by atoms with van der Waals surface area (Å²) in [7, 11) is 0. The number of ketones is 1.